The topological polar surface area (TPSA) is 26.3 Å². The van der Waals surface area contributed by atoms with Crippen LogP contribution < -0.4 is 0 Å². The van der Waals surface area contributed by atoms with Crippen LogP contribution >= 0.6 is 0 Å². The molecule has 0 aromatic heterocycles. The van der Waals surface area contributed by atoms with Crippen molar-refractivity contribution in [2.24, 2.45) is 17.8 Å². The maximum Gasteiger partial charge on any atom is 0.308 e. The third-order valence-electron chi connectivity index (χ3n) is 2.86. The maximum atomic E-state index is 11.2. The van der Waals surface area contributed by atoms with E-state index < -0.39 is 0 Å². The molecule has 0 spiro atoms. The zero-order chi connectivity index (χ0) is 11.1. The molecular formula is C12H24O2. The average molecular weight is 200 g/mol. The molecule has 0 aromatic carbocycles. The molecule has 0 aliphatic carbocycles. The number of hydrogen-bond acceptors (Lipinski definition) is 2. The first-order chi connectivity index (χ1) is 6.51. The summed E-state index contributed by atoms with van der Waals surface area (Å²) in [5, 5.41) is 0. The molecule has 0 bridgehead atoms. The monoisotopic (exact) mass is 200 g/mol. The molecule has 2 heteroatoms. The van der Waals surface area contributed by atoms with Crippen molar-refractivity contribution in [3.63, 3.8) is 0 Å². The Morgan fingerprint density at radius 3 is 2.14 bits per heavy atom. The molecule has 0 aliphatic rings. The summed E-state index contributed by atoms with van der Waals surface area (Å²) in [6, 6.07) is 0. The van der Waals surface area contributed by atoms with Gasteiger partial charge in [0.1, 0.15) is 0 Å². The van der Waals surface area contributed by atoms with Crippen LogP contribution in [-0.4, -0.2) is 13.1 Å². The van der Waals surface area contributed by atoms with Gasteiger partial charge in [0.25, 0.3) is 0 Å². The summed E-state index contributed by atoms with van der Waals surface area (Å²) < 4.78 is 4.71. The van der Waals surface area contributed by atoms with Crippen LogP contribution in [-0.2, 0) is 9.53 Å². The van der Waals surface area contributed by atoms with Gasteiger partial charge in [-0.3, -0.25) is 4.79 Å². The zero-order valence-corrected chi connectivity index (χ0v) is 10.2. The zero-order valence-electron chi connectivity index (χ0n) is 10.2. The molecule has 0 heterocycles. The van der Waals surface area contributed by atoms with Gasteiger partial charge in [-0.1, -0.05) is 34.1 Å². The second-order valence-electron chi connectivity index (χ2n) is 4.51. The molecule has 0 radical (unpaired) electrons. The highest BCUT2D eigenvalue weighted by molar-refractivity contribution is 5.71. The predicted octanol–water partition coefficient (Wildman–Crippen LogP) is 3.26. The third-order valence-corrected chi connectivity index (χ3v) is 2.86. The third kappa shape index (κ3) is 5.25. The largest absolute Gasteiger partial charge is 0.469 e. The summed E-state index contributed by atoms with van der Waals surface area (Å²) in [5.41, 5.74) is 0. The molecule has 14 heavy (non-hydrogen) atoms. The van der Waals surface area contributed by atoms with Gasteiger partial charge in [0.2, 0.25) is 0 Å². The van der Waals surface area contributed by atoms with Crippen LogP contribution in [0.15, 0.2) is 0 Å². The van der Waals surface area contributed by atoms with Crippen LogP contribution in [0.2, 0.25) is 0 Å². The molecule has 0 saturated heterocycles. The van der Waals surface area contributed by atoms with E-state index in [1.807, 2.05) is 6.92 Å². The van der Waals surface area contributed by atoms with E-state index in [0.29, 0.717) is 5.92 Å². The standard InChI is InChI=1S/C12H24O2/c1-6-9(2)7-10(3)8-11(4)12(13)14-5/h9-11H,6-8H2,1-5H3. The minimum atomic E-state index is -0.0824. The smallest absolute Gasteiger partial charge is 0.308 e. The van der Waals surface area contributed by atoms with E-state index in [1.165, 1.54) is 20.0 Å². The number of esters is 1. The Labute approximate surface area is 88.0 Å². The normalized spacial score (nSPS) is 17.2. The highest BCUT2D eigenvalue weighted by atomic mass is 16.5. The lowest BCUT2D eigenvalue weighted by atomic mass is 9.88. The number of rotatable bonds is 6. The van der Waals surface area contributed by atoms with E-state index in [1.54, 1.807) is 0 Å². The molecule has 84 valence electrons. The van der Waals surface area contributed by atoms with Crippen molar-refractivity contribution in [3.8, 4) is 0 Å². The molecule has 3 atom stereocenters. The van der Waals surface area contributed by atoms with Crippen molar-refractivity contribution >= 4 is 5.97 Å². The van der Waals surface area contributed by atoms with Crippen LogP contribution in [0.1, 0.15) is 47.0 Å². The fourth-order valence-electron chi connectivity index (χ4n) is 1.85. The van der Waals surface area contributed by atoms with Gasteiger partial charge in [0.15, 0.2) is 0 Å². The van der Waals surface area contributed by atoms with Gasteiger partial charge in [-0.25, -0.2) is 0 Å². The van der Waals surface area contributed by atoms with Gasteiger partial charge in [0, 0.05) is 0 Å². The fraction of sp³-hybridized carbons (Fsp3) is 0.917. The van der Waals surface area contributed by atoms with Gasteiger partial charge in [0.05, 0.1) is 13.0 Å². The minimum absolute atomic E-state index is 0.0408. The van der Waals surface area contributed by atoms with Crippen molar-refractivity contribution in [1.82, 2.24) is 0 Å². The Bertz CT molecular complexity index is 166. The Morgan fingerprint density at radius 1 is 1.14 bits per heavy atom. The Morgan fingerprint density at radius 2 is 1.71 bits per heavy atom. The second-order valence-corrected chi connectivity index (χ2v) is 4.51. The Balaban J connectivity index is 3.81. The van der Waals surface area contributed by atoms with Crippen molar-refractivity contribution in [2.75, 3.05) is 7.11 Å². The summed E-state index contributed by atoms with van der Waals surface area (Å²) >= 11 is 0. The van der Waals surface area contributed by atoms with Gasteiger partial charge in [-0.05, 0) is 24.7 Å². The fourth-order valence-corrected chi connectivity index (χ4v) is 1.85. The summed E-state index contributed by atoms with van der Waals surface area (Å²) in [5.74, 6) is 1.33. The molecule has 0 aliphatic heterocycles. The minimum Gasteiger partial charge on any atom is -0.469 e. The average Bonchev–Trinajstić information content (AvgIpc) is 2.15. The van der Waals surface area contributed by atoms with E-state index >= 15 is 0 Å². The molecule has 0 fully saturated rings. The van der Waals surface area contributed by atoms with Crippen molar-refractivity contribution in [1.29, 1.82) is 0 Å². The van der Waals surface area contributed by atoms with Crippen molar-refractivity contribution in [3.05, 3.63) is 0 Å². The SMILES string of the molecule is CCC(C)CC(C)CC(C)C(=O)OC. The lowest BCUT2D eigenvalue weighted by molar-refractivity contribution is -0.145. The van der Waals surface area contributed by atoms with Crippen LogP contribution in [0.25, 0.3) is 0 Å². The molecule has 3 unspecified atom stereocenters. The quantitative estimate of drug-likeness (QED) is 0.615. The predicted molar refractivity (Wildman–Crippen MR) is 59.0 cm³/mol. The number of carbonyl (C=O) groups is 1. The lowest BCUT2D eigenvalue weighted by Crippen LogP contribution is -2.16. The van der Waals surface area contributed by atoms with Gasteiger partial charge >= 0.3 is 5.97 Å². The molecule has 0 rings (SSSR count). The number of carbonyl (C=O) groups excluding carboxylic acids is 1. The van der Waals surface area contributed by atoms with Gasteiger partial charge in [-0.15, -0.1) is 0 Å². The van der Waals surface area contributed by atoms with Crippen LogP contribution in [0.4, 0.5) is 0 Å². The van der Waals surface area contributed by atoms with E-state index in [2.05, 4.69) is 20.8 Å². The maximum absolute atomic E-state index is 11.2. The summed E-state index contributed by atoms with van der Waals surface area (Å²) in [6.45, 7) is 8.63. The summed E-state index contributed by atoms with van der Waals surface area (Å²) in [7, 11) is 1.46. The van der Waals surface area contributed by atoms with E-state index in [-0.39, 0.29) is 11.9 Å². The Kier molecular flexibility index (Phi) is 6.60. The lowest BCUT2D eigenvalue weighted by Gasteiger charge is -2.18. The number of ether oxygens (including phenoxy) is 1. The van der Waals surface area contributed by atoms with E-state index in [4.69, 9.17) is 4.74 Å². The summed E-state index contributed by atoms with van der Waals surface area (Å²) in [4.78, 5) is 11.2. The molecule has 0 amide bonds. The van der Waals surface area contributed by atoms with E-state index in [9.17, 15) is 4.79 Å². The molecule has 0 N–H and O–H groups in total. The number of hydrogen-bond donors (Lipinski definition) is 0. The second kappa shape index (κ2) is 6.86. The molecule has 0 saturated carbocycles. The van der Waals surface area contributed by atoms with Gasteiger partial charge < -0.3 is 4.74 Å². The highest BCUT2D eigenvalue weighted by Crippen LogP contribution is 2.21. The van der Waals surface area contributed by atoms with Gasteiger partial charge in [-0.2, -0.15) is 0 Å². The molecule has 0 aromatic rings. The summed E-state index contributed by atoms with van der Waals surface area (Å²) in [6.07, 6.45) is 3.37. The number of methoxy groups -OCH3 is 1. The van der Waals surface area contributed by atoms with Crippen molar-refractivity contribution in [2.45, 2.75) is 47.0 Å². The first kappa shape index (κ1) is 13.5. The molecule has 2 nitrogen and oxygen atoms in total. The first-order valence-electron chi connectivity index (χ1n) is 5.59. The molecular weight excluding hydrogens is 176 g/mol. The van der Waals surface area contributed by atoms with E-state index in [0.717, 1.165) is 12.3 Å². The van der Waals surface area contributed by atoms with Crippen LogP contribution in [0, 0.1) is 17.8 Å². The van der Waals surface area contributed by atoms with Crippen molar-refractivity contribution < 1.29 is 9.53 Å². The highest BCUT2D eigenvalue weighted by Gasteiger charge is 2.17. The Hall–Kier alpha value is -0.530. The van der Waals surface area contributed by atoms with Crippen LogP contribution in [0.5, 0.6) is 0 Å². The first-order valence-corrected chi connectivity index (χ1v) is 5.59. The van der Waals surface area contributed by atoms with Crippen LogP contribution in [0.3, 0.4) is 0 Å².